The van der Waals surface area contributed by atoms with Crippen molar-refractivity contribution in [2.45, 2.75) is 0 Å². The number of rotatable bonds is 0. The van der Waals surface area contributed by atoms with Crippen molar-refractivity contribution >= 4 is 60.8 Å². The Labute approximate surface area is 175 Å². The first-order valence-corrected chi connectivity index (χ1v) is 9.82. The molecule has 9 heteroatoms. The minimum Gasteiger partial charge on any atom is -0.424 e. The van der Waals surface area contributed by atoms with E-state index in [9.17, 15) is 0 Å². The van der Waals surface area contributed by atoms with E-state index in [1.165, 1.54) is 11.3 Å². The number of para-hydroxylation sites is 5. The van der Waals surface area contributed by atoms with Crippen LogP contribution >= 0.6 is 11.3 Å². The predicted octanol–water partition coefficient (Wildman–Crippen LogP) is 4.43. The van der Waals surface area contributed by atoms with Crippen LogP contribution in [0.5, 0.6) is 0 Å². The lowest BCUT2D eigenvalue weighted by Crippen LogP contribution is -1.84. The summed E-state index contributed by atoms with van der Waals surface area (Å²) < 4.78 is 6.19. The molecule has 150 valence electrons. The predicted molar refractivity (Wildman–Crippen MR) is 123 cm³/mol. The van der Waals surface area contributed by atoms with Crippen molar-refractivity contribution in [2.75, 3.05) is 17.2 Å². The molecule has 3 heterocycles. The molecule has 6 rings (SSSR count). The third-order valence-corrected chi connectivity index (χ3v) is 4.89. The maximum absolute atomic E-state index is 5.50. The summed E-state index contributed by atoms with van der Waals surface area (Å²) in [6, 6.07) is 23.3. The Kier molecular flexibility index (Phi) is 5.44. The Hall–Kier alpha value is -4.11. The lowest BCUT2D eigenvalue weighted by Gasteiger charge is -1.81. The maximum Gasteiger partial charge on any atom is 0.292 e. The molecule has 30 heavy (non-hydrogen) atoms. The van der Waals surface area contributed by atoms with E-state index in [-0.39, 0.29) is 6.01 Å². The molecule has 0 aliphatic rings. The fraction of sp³-hybridized carbons (Fsp3) is 0. The SMILES string of the molecule is Nc1nc2ccccc2[nH]1.Nc1nc2ccccc2o1.Nc1nc2ccccc2s1. The van der Waals surface area contributed by atoms with Crippen LogP contribution in [0.4, 0.5) is 17.1 Å². The van der Waals surface area contributed by atoms with E-state index >= 15 is 0 Å². The largest absolute Gasteiger partial charge is 0.424 e. The molecule has 0 amide bonds. The van der Waals surface area contributed by atoms with Gasteiger partial charge in [-0.3, -0.25) is 0 Å². The number of H-pyrrole nitrogens is 1. The number of nitrogen functional groups attached to an aromatic ring is 3. The third-order valence-electron chi connectivity index (χ3n) is 4.03. The minimum absolute atomic E-state index is 0.223. The normalized spacial score (nSPS) is 10.4. The maximum atomic E-state index is 5.50. The number of benzene rings is 3. The number of fused-ring (bicyclic) bond motifs is 3. The van der Waals surface area contributed by atoms with Gasteiger partial charge in [-0.05, 0) is 36.4 Å². The number of oxazole rings is 1. The first kappa shape index (κ1) is 19.2. The molecule has 0 saturated carbocycles. The average Bonchev–Trinajstić information content (AvgIpc) is 3.41. The van der Waals surface area contributed by atoms with Gasteiger partial charge >= 0.3 is 0 Å². The smallest absolute Gasteiger partial charge is 0.292 e. The number of thiazole rings is 1. The Morgan fingerprint density at radius 3 is 2.10 bits per heavy atom. The molecule has 0 fully saturated rings. The second-order valence-corrected chi connectivity index (χ2v) is 7.24. The van der Waals surface area contributed by atoms with Gasteiger partial charge < -0.3 is 26.6 Å². The second-order valence-electron chi connectivity index (χ2n) is 6.18. The summed E-state index contributed by atoms with van der Waals surface area (Å²) in [5.41, 5.74) is 20.7. The van der Waals surface area contributed by atoms with Gasteiger partial charge in [-0.2, -0.15) is 4.98 Å². The molecule has 0 radical (unpaired) electrons. The van der Waals surface area contributed by atoms with E-state index in [0.29, 0.717) is 11.1 Å². The van der Waals surface area contributed by atoms with Crippen molar-refractivity contribution in [3.63, 3.8) is 0 Å². The number of hydrogen-bond donors (Lipinski definition) is 4. The van der Waals surface area contributed by atoms with Crippen molar-refractivity contribution in [1.82, 2.24) is 19.9 Å². The number of nitrogens with one attached hydrogen (secondary N) is 1. The van der Waals surface area contributed by atoms with Gasteiger partial charge in [-0.15, -0.1) is 0 Å². The minimum atomic E-state index is 0.223. The first-order chi connectivity index (χ1) is 14.6. The molecule has 0 spiro atoms. The molecular formula is C21H19N7OS. The standard InChI is InChI=1S/C7H7N3.C7H6N2O.C7H6N2S/c3*8-7-9-5-3-1-2-4-6(5)10-7/h1-4H,(H3,8,9,10);2*1-4H,(H2,8,9). The van der Waals surface area contributed by atoms with Crippen LogP contribution in [0.1, 0.15) is 0 Å². The summed E-state index contributed by atoms with van der Waals surface area (Å²) in [4.78, 5) is 15.0. The summed E-state index contributed by atoms with van der Waals surface area (Å²) in [7, 11) is 0. The van der Waals surface area contributed by atoms with Gasteiger partial charge in [0.15, 0.2) is 16.7 Å². The summed E-state index contributed by atoms with van der Waals surface area (Å²) in [5.74, 6) is 0.473. The quantitative estimate of drug-likeness (QED) is 0.286. The number of nitrogens with two attached hydrogens (primary N) is 3. The Balaban J connectivity index is 0.000000109. The van der Waals surface area contributed by atoms with Crippen LogP contribution in [0.25, 0.3) is 32.3 Å². The average molecular weight is 417 g/mol. The van der Waals surface area contributed by atoms with Gasteiger partial charge in [-0.1, -0.05) is 47.7 Å². The van der Waals surface area contributed by atoms with Crippen molar-refractivity contribution in [2.24, 2.45) is 0 Å². The first-order valence-electron chi connectivity index (χ1n) is 9.01. The molecule has 0 saturated heterocycles. The zero-order valence-corrected chi connectivity index (χ0v) is 16.6. The highest BCUT2D eigenvalue weighted by molar-refractivity contribution is 7.22. The number of imidazole rings is 1. The molecule has 0 atom stereocenters. The van der Waals surface area contributed by atoms with Crippen molar-refractivity contribution in [1.29, 1.82) is 0 Å². The highest BCUT2D eigenvalue weighted by Crippen LogP contribution is 2.22. The summed E-state index contributed by atoms with van der Waals surface area (Å²) in [5, 5.41) is 0.640. The molecule has 0 unspecified atom stereocenters. The molecule has 0 aliphatic carbocycles. The van der Waals surface area contributed by atoms with Gasteiger partial charge in [0, 0.05) is 0 Å². The fourth-order valence-electron chi connectivity index (χ4n) is 2.75. The van der Waals surface area contributed by atoms with Crippen molar-refractivity contribution < 1.29 is 4.42 Å². The number of hydrogen-bond acceptors (Lipinski definition) is 8. The molecular weight excluding hydrogens is 398 g/mol. The van der Waals surface area contributed by atoms with Gasteiger partial charge in [0.05, 0.1) is 21.3 Å². The van der Waals surface area contributed by atoms with Crippen LogP contribution in [0.15, 0.2) is 77.2 Å². The van der Waals surface area contributed by atoms with E-state index in [2.05, 4.69) is 19.9 Å². The summed E-state index contributed by atoms with van der Waals surface area (Å²) >= 11 is 1.52. The van der Waals surface area contributed by atoms with Crippen LogP contribution in [0.2, 0.25) is 0 Å². The highest BCUT2D eigenvalue weighted by Gasteiger charge is 1.98. The second kappa shape index (κ2) is 8.50. The van der Waals surface area contributed by atoms with E-state index < -0.39 is 0 Å². The molecule has 7 N–H and O–H groups in total. The Morgan fingerprint density at radius 2 is 1.37 bits per heavy atom. The zero-order valence-electron chi connectivity index (χ0n) is 15.8. The van der Waals surface area contributed by atoms with Crippen molar-refractivity contribution in [3.8, 4) is 0 Å². The Bertz CT molecular complexity index is 1130. The van der Waals surface area contributed by atoms with Crippen LogP contribution in [-0.2, 0) is 0 Å². The monoisotopic (exact) mass is 417 g/mol. The van der Waals surface area contributed by atoms with Gasteiger partial charge in [0.25, 0.3) is 6.01 Å². The fourth-order valence-corrected chi connectivity index (χ4v) is 3.49. The Morgan fingerprint density at radius 1 is 0.700 bits per heavy atom. The van der Waals surface area contributed by atoms with Crippen molar-refractivity contribution in [3.05, 3.63) is 72.8 Å². The summed E-state index contributed by atoms with van der Waals surface area (Å²) in [6.45, 7) is 0. The number of anilines is 3. The topological polar surface area (TPSA) is 146 Å². The molecule has 6 aromatic rings. The van der Waals surface area contributed by atoms with E-state index in [1.54, 1.807) is 0 Å². The van der Waals surface area contributed by atoms with Crippen LogP contribution < -0.4 is 17.2 Å². The number of aromatic nitrogens is 4. The number of nitrogens with zero attached hydrogens (tertiary/aromatic N) is 3. The van der Waals surface area contributed by atoms with Gasteiger partial charge in [0.2, 0.25) is 0 Å². The third kappa shape index (κ3) is 4.47. The summed E-state index contributed by atoms with van der Waals surface area (Å²) in [6.07, 6.45) is 0. The van der Waals surface area contributed by atoms with Gasteiger partial charge in [-0.25, -0.2) is 9.97 Å². The molecule has 0 aliphatic heterocycles. The van der Waals surface area contributed by atoms with E-state index in [1.807, 2.05) is 72.8 Å². The molecule has 0 bridgehead atoms. The van der Waals surface area contributed by atoms with E-state index in [0.717, 1.165) is 32.3 Å². The lowest BCUT2D eigenvalue weighted by molar-refractivity contribution is 0.626. The number of aromatic amines is 1. The van der Waals surface area contributed by atoms with Crippen LogP contribution in [0.3, 0.4) is 0 Å². The van der Waals surface area contributed by atoms with Crippen LogP contribution in [0, 0.1) is 0 Å². The lowest BCUT2D eigenvalue weighted by atomic mass is 10.3. The van der Waals surface area contributed by atoms with E-state index in [4.69, 9.17) is 21.6 Å². The molecule has 8 nitrogen and oxygen atoms in total. The zero-order chi connectivity index (χ0) is 20.9. The highest BCUT2D eigenvalue weighted by atomic mass is 32.1. The van der Waals surface area contributed by atoms with Crippen LogP contribution in [-0.4, -0.2) is 19.9 Å². The van der Waals surface area contributed by atoms with Gasteiger partial charge in [0.1, 0.15) is 5.52 Å². The molecule has 3 aromatic heterocycles. The molecule has 3 aromatic carbocycles.